The minimum absolute atomic E-state index is 0.230. The zero-order valence-electron chi connectivity index (χ0n) is 13.6. The number of benzene rings is 2. The van der Waals surface area contributed by atoms with Crippen LogP contribution in [0, 0.1) is 0 Å². The van der Waals surface area contributed by atoms with Gasteiger partial charge in [0.15, 0.2) is 5.37 Å². The first-order chi connectivity index (χ1) is 12.1. The van der Waals surface area contributed by atoms with Gasteiger partial charge >= 0.3 is 0 Å². The van der Waals surface area contributed by atoms with Gasteiger partial charge in [0.05, 0.1) is 13.2 Å². The molecule has 5 nitrogen and oxygen atoms in total. The van der Waals surface area contributed by atoms with Crippen molar-refractivity contribution < 1.29 is 14.3 Å². The zero-order valence-corrected chi connectivity index (χ0v) is 16.0. The van der Waals surface area contributed by atoms with Crippen LogP contribution in [0.25, 0.3) is 0 Å². The molecule has 0 unspecified atom stereocenters. The predicted molar refractivity (Wildman–Crippen MR) is 103 cm³/mol. The highest BCUT2D eigenvalue weighted by Gasteiger charge is 2.39. The van der Waals surface area contributed by atoms with Crippen molar-refractivity contribution in [3.8, 4) is 5.75 Å². The first-order valence-electron chi connectivity index (χ1n) is 7.82. The molecule has 3 rings (SSSR count). The molecule has 0 radical (unpaired) electrons. The van der Waals surface area contributed by atoms with E-state index >= 15 is 0 Å². The van der Waals surface area contributed by atoms with Crippen LogP contribution in [-0.2, 0) is 11.3 Å². The van der Waals surface area contributed by atoms with Crippen LogP contribution in [0.5, 0.6) is 5.75 Å². The second kappa shape index (κ2) is 7.93. The van der Waals surface area contributed by atoms with Crippen molar-refractivity contribution in [3.63, 3.8) is 0 Å². The van der Waals surface area contributed by atoms with E-state index in [4.69, 9.17) is 4.74 Å². The van der Waals surface area contributed by atoms with Gasteiger partial charge < -0.3 is 10.1 Å². The Labute approximate surface area is 158 Å². The van der Waals surface area contributed by atoms with Crippen molar-refractivity contribution in [2.75, 3.05) is 11.9 Å². The lowest BCUT2D eigenvalue weighted by molar-refractivity contribution is -0.126. The van der Waals surface area contributed by atoms with Crippen LogP contribution < -0.4 is 10.1 Å². The van der Waals surface area contributed by atoms with E-state index in [-0.39, 0.29) is 17.7 Å². The van der Waals surface area contributed by atoms with Crippen LogP contribution in [0.2, 0.25) is 0 Å². The first-order valence-corrected chi connectivity index (χ1v) is 9.50. The number of imide groups is 1. The molecule has 0 aromatic heterocycles. The summed E-state index contributed by atoms with van der Waals surface area (Å²) in [5.41, 5.74) is 1.68. The van der Waals surface area contributed by atoms with Crippen molar-refractivity contribution in [3.05, 3.63) is 58.6 Å². The lowest BCUT2D eigenvalue weighted by Crippen LogP contribution is -2.33. The largest absolute Gasteiger partial charge is 0.494 e. The lowest BCUT2D eigenvalue weighted by atomic mass is 10.2. The number of carbonyl (C=O) groups is 2. The van der Waals surface area contributed by atoms with Gasteiger partial charge in [0, 0.05) is 10.2 Å². The number of halogens is 1. The van der Waals surface area contributed by atoms with E-state index in [1.807, 2.05) is 55.5 Å². The molecule has 1 fully saturated rings. The normalized spacial score (nSPS) is 17.0. The molecule has 0 aliphatic carbocycles. The molecule has 2 amide bonds. The molecule has 1 aliphatic heterocycles. The summed E-state index contributed by atoms with van der Waals surface area (Å²) in [5.74, 6) is 0.540. The minimum Gasteiger partial charge on any atom is -0.494 e. The Morgan fingerprint density at radius 3 is 2.44 bits per heavy atom. The molecule has 1 saturated heterocycles. The van der Waals surface area contributed by atoms with Crippen LogP contribution in [0.3, 0.4) is 0 Å². The molecular formula is C18H17BrN2O3S. The fourth-order valence-corrected chi connectivity index (χ4v) is 3.59. The van der Waals surface area contributed by atoms with Gasteiger partial charge in [-0.05, 0) is 60.6 Å². The summed E-state index contributed by atoms with van der Waals surface area (Å²) in [7, 11) is 0. The van der Waals surface area contributed by atoms with Gasteiger partial charge in [-0.15, -0.1) is 0 Å². The molecule has 1 heterocycles. The van der Waals surface area contributed by atoms with Gasteiger partial charge in [-0.25, -0.2) is 0 Å². The minimum atomic E-state index is -0.610. The number of ether oxygens (including phenoxy) is 1. The van der Waals surface area contributed by atoms with Crippen molar-refractivity contribution in [1.82, 2.24) is 4.90 Å². The summed E-state index contributed by atoms with van der Waals surface area (Å²) in [6, 6.07) is 14.9. The molecule has 130 valence electrons. The highest BCUT2D eigenvalue weighted by Crippen LogP contribution is 2.30. The molecule has 0 saturated carbocycles. The number of anilines is 1. The third-order valence-electron chi connectivity index (χ3n) is 3.65. The molecule has 25 heavy (non-hydrogen) atoms. The Balaban J connectivity index is 1.65. The highest BCUT2D eigenvalue weighted by molar-refractivity contribution is 9.10. The van der Waals surface area contributed by atoms with Crippen LogP contribution >= 0.6 is 27.7 Å². The number of hydrogen-bond donors (Lipinski definition) is 1. The van der Waals surface area contributed by atoms with E-state index in [1.54, 1.807) is 0 Å². The smallest absolute Gasteiger partial charge is 0.291 e. The zero-order chi connectivity index (χ0) is 17.8. The van der Waals surface area contributed by atoms with Gasteiger partial charge in [0.1, 0.15) is 5.75 Å². The maximum atomic E-state index is 12.5. The molecule has 7 heteroatoms. The highest BCUT2D eigenvalue weighted by atomic mass is 79.9. The summed E-state index contributed by atoms with van der Waals surface area (Å²) >= 11 is 4.37. The van der Waals surface area contributed by atoms with Crippen LogP contribution in [0.1, 0.15) is 12.5 Å². The summed E-state index contributed by atoms with van der Waals surface area (Å²) in [5, 5.41) is 2.25. The van der Waals surface area contributed by atoms with Crippen molar-refractivity contribution in [2.24, 2.45) is 0 Å². The second-order valence-electron chi connectivity index (χ2n) is 5.42. The van der Waals surface area contributed by atoms with Gasteiger partial charge in [-0.3, -0.25) is 14.5 Å². The summed E-state index contributed by atoms with van der Waals surface area (Å²) in [4.78, 5) is 26.0. The number of hydrogen-bond acceptors (Lipinski definition) is 5. The van der Waals surface area contributed by atoms with E-state index in [0.717, 1.165) is 33.2 Å². The summed E-state index contributed by atoms with van der Waals surface area (Å²) in [6.07, 6.45) is 0. The number of nitrogens with zero attached hydrogens (tertiary/aromatic N) is 1. The van der Waals surface area contributed by atoms with Gasteiger partial charge in [0.2, 0.25) is 0 Å². The molecular weight excluding hydrogens is 404 g/mol. The molecule has 0 bridgehead atoms. The number of amides is 2. The Morgan fingerprint density at radius 1 is 1.12 bits per heavy atom. The van der Waals surface area contributed by atoms with Crippen molar-refractivity contribution >= 4 is 44.5 Å². The van der Waals surface area contributed by atoms with Crippen LogP contribution in [0.15, 0.2) is 53.0 Å². The van der Waals surface area contributed by atoms with E-state index in [9.17, 15) is 9.59 Å². The third-order valence-corrected chi connectivity index (χ3v) is 5.15. The third kappa shape index (κ3) is 4.35. The van der Waals surface area contributed by atoms with Gasteiger partial charge in [-0.2, -0.15) is 0 Å². The topological polar surface area (TPSA) is 58.6 Å². The fourth-order valence-electron chi connectivity index (χ4n) is 2.42. The lowest BCUT2D eigenvalue weighted by Gasteiger charge is -2.15. The number of nitrogens with one attached hydrogen (secondary N) is 1. The predicted octanol–water partition coefficient (Wildman–Crippen LogP) is 4.48. The van der Waals surface area contributed by atoms with E-state index < -0.39 is 5.37 Å². The monoisotopic (exact) mass is 420 g/mol. The Kier molecular flexibility index (Phi) is 5.65. The maximum Gasteiger partial charge on any atom is 0.291 e. The van der Waals surface area contributed by atoms with Gasteiger partial charge in [-0.1, -0.05) is 28.1 Å². The fraction of sp³-hybridized carbons (Fsp3) is 0.222. The quantitative estimate of drug-likeness (QED) is 0.746. The van der Waals surface area contributed by atoms with Gasteiger partial charge in [0.25, 0.3) is 11.1 Å². The number of carbonyl (C=O) groups excluding carboxylic acids is 2. The molecule has 2 aromatic rings. The summed E-state index contributed by atoms with van der Waals surface area (Å²) < 4.78 is 6.35. The average molecular weight is 421 g/mol. The number of thioether (sulfide) groups is 1. The van der Waals surface area contributed by atoms with E-state index in [1.165, 1.54) is 4.90 Å². The Bertz CT molecular complexity index is 765. The molecule has 1 N–H and O–H groups in total. The molecule has 0 spiro atoms. The van der Waals surface area contributed by atoms with E-state index in [2.05, 4.69) is 21.2 Å². The Hall–Kier alpha value is -1.99. The average Bonchev–Trinajstić information content (AvgIpc) is 2.86. The first kappa shape index (κ1) is 17.8. The van der Waals surface area contributed by atoms with Crippen molar-refractivity contribution in [1.29, 1.82) is 0 Å². The maximum absolute atomic E-state index is 12.5. The van der Waals surface area contributed by atoms with Crippen LogP contribution in [0.4, 0.5) is 10.5 Å². The molecule has 1 atom stereocenters. The SMILES string of the molecule is CCOc1ccc(N[C@@H]2SC(=O)N(Cc3ccc(Br)cc3)C2=O)cc1. The second-order valence-corrected chi connectivity index (χ2v) is 7.39. The van der Waals surface area contributed by atoms with E-state index in [0.29, 0.717) is 6.61 Å². The number of rotatable bonds is 6. The molecule has 2 aromatic carbocycles. The van der Waals surface area contributed by atoms with Crippen LogP contribution in [-0.4, -0.2) is 28.0 Å². The molecule has 1 aliphatic rings. The standard InChI is InChI=1S/C18H17BrN2O3S/c1-2-24-15-9-7-14(8-10-15)20-16-17(22)21(18(23)25-16)11-12-3-5-13(19)6-4-12/h3-10,16,20H,2,11H2,1H3/t16-/m1/s1. The summed E-state index contributed by atoms with van der Waals surface area (Å²) in [6.45, 7) is 2.80. The Morgan fingerprint density at radius 2 is 1.80 bits per heavy atom. The van der Waals surface area contributed by atoms with Crippen molar-refractivity contribution in [2.45, 2.75) is 18.8 Å².